The van der Waals surface area contributed by atoms with E-state index in [1.165, 1.54) is 61.3 Å². The molecule has 0 bridgehead atoms. The third kappa shape index (κ3) is 3.72. The van der Waals surface area contributed by atoms with Crippen LogP contribution in [-0.2, 0) is 6.54 Å². The van der Waals surface area contributed by atoms with Crippen molar-refractivity contribution < 1.29 is 0 Å². The Hall–Kier alpha value is -1.87. The van der Waals surface area contributed by atoms with Gasteiger partial charge in [-0.3, -0.25) is 4.90 Å². The van der Waals surface area contributed by atoms with Gasteiger partial charge in [-0.15, -0.1) is 0 Å². The standard InChI is InChI=1S/C22H29N3/c1-18-20(12-13-22(23-18)24-14-6-3-7-15-24)21-11-8-16-25(21)17-19-9-4-2-5-10-19/h2,4-5,9-10,12-13,21H,3,6-8,11,14-17H2,1H3/t21-/m1/s1. The molecule has 0 spiro atoms. The number of benzene rings is 1. The van der Waals surface area contributed by atoms with Crippen molar-refractivity contribution in [1.82, 2.24) is 9.88 Å². The SMILES string of the molecule is Cc1nc(N2CCCCC2)ccc1[C@H]1CCCN1Cc1ccccc1. The number of piperidine rings is 1. The summed E-state index contributed by atoms with van der Waals surface area (Å²) in [6.07, 6.45) is 6.50. The van der Waals surface area contributed by atoms with Gasteiger partial charge >= 0.3 is 0 Å². The molecule has 0 N–H and O–H groups in total. The molecule has 1 aromatic carbocycles. The van der Waals surface area contributed by atoms with Crippen LogP contribution in [-0.4, -0.2) is 29.5 Å². The first kappa shape index (κ1) is 16.6. The predicted octanol–water partition coefficient (Wildman–Crippen LogP) is 4.72. The summed E-state index contributed by atoms with van der Waals surface area (Å²) in [5.74, 6) is 1.17. The van der Waals surface area contributed by atoms with Gasteiger partial charge in [-0.25, -0.2) is 4.98 Å². The van der Waals surface area contributed by atoms with Gasteiger partial charge in [0.05, 0.1) is 0 Å². The fraction of sp³-hybridized carbons (Fsp3) is 0.500. The molecular weight excluding hydrogens is 306 g/mol. The van der Waals surface area contributed by atoms with E-state index < -0.39 is 0 Å². The maximum absolute atomic E-state index is 4.98. The average Bonchev–Trinajstić information content (AvgIpc) is 3.11. The van der Waals surface area contributed by atoms with E-state index in [1.807, 2.05) is 0 Å². The monoisotopic (exact) mass is 335 g/mol. The van der Waals surface area contributed by atoms with Crippen LogP contribution >= 0.6 is 0 Å². The fourth-order valence-corrected chi connectivity index (χ4v) is 4.40. The van der Waals surface area contributed by atoms with Gasteiger partial charge in [0.1, 0.15) is 5.82 Å². The molecule has 0 saturated carbocycles. The lowest BCUT2D eigenvalue weighted by Crippen LogP contribution is -2.30. The molecule has 2 aliphatic rings. The van der Waals surface area contributed by atoms with Crippen molar-refractivity contribution in [3.63, 3.8) is 0 Å². The van der Waals surface area contributed by atoms with E-state index in [2.05, 4.69) is 59.2 Å². The number of aromatic nitrogens is 1. The molecule has 0 amide bonds. The number of likely N-dealkylation sites (tertiary alicyclic amines) is 1. The van der Waals surface area contributed by atoms with Crippen LogP contribution in [0.3, 0.4) is 0 Å². The van der Waals surface area contributed by atoms with E-state index in [1.54, 1.807) is 0 Å². The Morgan fingerprint density at radius 3 is 2.48 bits per heavy atom. The lowest BCUT2D eigenvalue weighted by Gasteiger charge is -2.30. The van der Waals surface area contributed by atoms with Crippen LogP contribution in [0, 0.1) is 6.92 Å². The zero-order valence-corrected chi connectivity index (χ0v) is 15.3. The van der Waals surface area contributed by atoms with Crippen molar-refractivity contribution >= 4 is 5.82 Å². The van der Waals surface area contributed by atoms with Crippen LogP contribution in [0.4, 0.5) is 5.82 Å². The number of aryl methyl sites for hydroxylation is 1. The lowest BCUT2D eigenvalue weighted by atomic mass is 10.0. The minimum absolute atomic E-state index is 0.517. The Labute approximate surface area is 151 Å². The molecule has 2 fully saturated rings. The second kappa shape index (κ2) is 7.57. The third-order valence-corrected chi connectivity index (χ3v) is 5.74. The Morgan fingerprint density at radius 1 is 0.920 bits per heavy atom. The highest BCUT2D eigenvalue weighted by atomic mass is 15.2. The van der Waals surface area contributed by atoms with E-state index in [-0.39, 0.29) is 0 Å². The molecule has 3 heteroatoms. The summed E-state index contributed by atoms with van der Waals surface area (Å²) < 4.78 is 0. The molecule has 4 rings (SSSR count). The van der Waals surface area contributed by atoms with Crippen molar-refractivity contribution in [3.8, 4) is 0 Å². The quantitative estimate of drug-likeness (QED) is 0.806. The molecule has 0 radical (unpaired) electrons. The highest BCUT2D eigenvalue weighted by molar-refractivity contribution is 5.43. The van der Waals surface area contributed by atoms with Crippen molar-refractivity contribution in [2.45, 2.75) is 51.6 Å². The van der Waals surface area contributed by atoms with Crippen LogP contribution in [0.1, 0.15) is 55.0 Å². The van der Waals surface area contributed by atoms with Gasteiger partial charge in [0.2, 0.25) is 0 Å². The maximum Gasteiger partial charge on any atom is 0.128 e. The second-order valence-corrected chi connectivity index (χ2v) is 7.51. The molecule has 1 aromatic heterocycles. The molecule has 3 heterocycles. The molecule has 2 saturated heterocycles. The number of nitrogens with zero attached hydrogens (tertiary/aromatic N) is 3. The summed E-state index contributed by atoms with van der Waals surface area (Å²) in [6.45, 7) is 6.75. The number of pyridine rings is 1. The summed E-state index contributed by atoms with van der Waals surface area (Å²) in [5, 5.41) is 0. The van der Waals surface area contributed by atoms with Gasteiger partial charge in [0.15, 0.2) is 0 Å². The Kier molecular flexibility index (Phi) is 5.02. The first-order chi connectivity index (χ1) is 12.3. The minimum atomic E-state index is 0.517. The first-order valence-corrected chi connectivity index (χ1v) is 9.82. The molecular formula is C22H29N3. The zero-order valence-electron chi connectivity index (χ0n) is 15.3. The lowest BCUT2D eigenvalue weighted by molar-refractivity contribution is 0.247. The number of hydrogen-bond acceptors (Lipinski definition) is 3. The minimum Gasteiger partial charge on any atom is -0.357 e. The average molecular weight is 335 g/mol. The van der Waals surface area contributed by atoms with Gasteiger partial charge in [0.25, 0.3) is 0 Å². The summed E-state index contributed by atoms with van der Waals surface area (Å²) >= 11 is 0. The number of anilines is 1. The molecule has 0 aliphatic carbocycles. The van der Waals surface area contributed by atoms with Gasteiger partial charge in [0, 0.05) is 31.4 Å². The van der Waals surface area contributed by atoms with Gasteiger partial charge in [-0.1, -0.05) is 36.4 Å². The van der Waals surface area contributed by atoms with E-state index in [4.69, 9.17) is 4.98 Å². The third-order valence-electron chi connectivity index (χ3n) is 5.74. The summed E-state index contributed by atoms with van der Waals surface area (Å²) in [6, 6.07) is 16.0. The van der Waals surface area contributed by atoms with E-state index in [0.29, 0.717) is 6.04 Å². The highest BCUT2D eigenvalue weighted by Crippen LogP contribution is 2.35. The molecule has 3 nitrogen and oxygen atoms in total. The molecule has 25 heavy (non-hydrogen) atoms. The van der Waals surface area contributed by atoms with Gasteiger partial charge in [-0.2, -0.15) is 0 Å². The number of rotatable bonds is 4. The van der Waals surface area contributed by atoms with Crippen LogP contribution < -0.4 is 4.90 Å². The molecule has 1 atom stereocenters. The topological polar surface area (TPSA) is 19.4 Å². The maximum atomic E-state index is 4.98. The van der Waals surface area contributed by atoms with Crippen LogP contribution in [0.5, 0.6) is 0 Å². The van der Waals surface area contributed by atoms with E-state index in [0.717, 1.165) is 19.6 Å². The zero-order chi connectivity index (χ0) is 17.1. The van der Waals surface area contributed by atoms with Crippen LogP contribution in [0.15, 0.2) is 42.5 Å². The Balaban J connectivity index is 1.51. The highest BCUT2D eigenvalue weighted by Gasteiger charge is 2.28. The normalized spacial score (nSPS) is 21.6. The van der Waals surface area contributed by atoms with Crippen molar-refractivity contribution in [1.29, 1.82) is 0 Å². The van der Waals surface area contributed by atoms with Crippen molar-refractivity contribution in [3.05, 3.63) is 59.3 Å². The Bertz CT molecular complexity index is 692. The van der Waals surface area contributed by atoms with Crippen molar-refractivity contribution in [2.24, 2.45) is 0 Å². The van der Waals surface area contributed by atoms with Crippen LogP contribution in [0.2, 0.25) is 0 Å². The van der Waals surface area contributed by atoms with Crippen LogP contribution in [0.25, 0.3) is 0 Å². The van der Waals surface area contributed by atoms with E-state index >= 15 is 0 Å². The number of hydrogen-bond donors (Lipinski definition) is 0. The Morgan fingerprint density at radius 2 is 1.72 bits per heavy atom. The molecule has 2 aromatic rings. The van der Waals surface area contributed by atoms with E-state index in [9.17, 15) is 0 Å². The fourth-order valence-electron chi connectivity index (χ4n) is 4.40. The first-order valence-electron chi connectivity index (χ1n) is 9.82. The largest absolute Gasteiger partial charge is 0.357 e. The van der Waals surface area contributed by atoms with Crippen molar-refractivity contribution in [2.75, 3.05) is 24.5 Å². The molecule has 0 unspecified atom stereocenters. The van der Waals surface area contributed by atoms with Gasteiger partial charge in [-0.05, 0) is 62.8 Å². The summed E-state index contributed by atoms with van der Waals surface area (Å²) in [4.78, 5) is 10.1. The predicted molar refractivity (Wildman–Crippen MR) is 104 cm³/mol. The second-order valence-electron chi connectivity index (χ2n) is 7.51. The molecule has 132 valence electrons. The smallest absolute Gasteiger partial charge is 0.128 e. The molecule has 2 aliphatic heterocycles. The van der Waals surface area contributed by atoms with Gasteiger partial charge < -0.3 is 4.90 Å². The summed E-state index contributed by atoms with van der Waals surface area (Å²) in [5.41, 5.74) is 4.05. The summed E-state index contributed by atoms with van der Waals surface area (Å²) in [7, 11) is 0.